The summed E-state index contributed by atoms with van der Waals surface area (Å²) < 4.78 is 0. The van der Waals surface area contributed by atoms with Crippen molar-refractivity contribution in [3.8, 4) is 0 Å². The molecule has 1 heterocycles. The zero-order valence-electron chi connectivity index (χ0n) is 9.97. The van der Waals surface area contributed by atoms with Crippen molar-refractivity contribution in [3.63, 3.8) is 0 Å². The van der Waals surface area contributed by atoms with Crippen LogP contribution in [-0.2, 0) is 0 Å². The zero-order valence-corrected chi connectivity index (χ0v) is 10.7. The van der Waals surface area contributed by atoms with Crippen LogP contribution in [0.3, 0.4) is 0 Å². The van der Waals surface area contributed by atoms with Gasteiger partial charge in [0.15, 0.2) is 0 Å². The molecule has 5 nitrogen and oxygen atoms in total. The SMILES string of the molecule is O=C(NCC1CCCCC1O)c1cnc(Cl)cn1. The number of amides is 1. The third-order valence-corrected chi connectivity index (χ3v) is 3.44. The predicted molar refractivity (Wildman–Crippen MR) is 67.3 cm³/mol. The van der Waals surface area contributed by atoms with Gasteiger partial charge in [-0.2, -0.15) is 0 Å². The summed E-state index contributed by atoms with van der Waals surface area (Å²) in [6, 6.07) is 0. The maximum absolute atomic E-state index is 11.8. The van der Waals surface area contributed by atoms with Crippen LogP contribution in [0.5, 0.6) is 0 Å². The van der Waals surface area contributed by atoms with E-state index in [0.29, 0.717) is 6.54 Å². The Balaban J connectivity index is 1.86. The molecule has 1 aliphatic carbocycles. The number of aromatic nitrogens is 2. The third kappa shape index (κ3) is 3.40. The Labute approximate surface area is 111 Å². The van der Waals surface area contributed by atoms with Crippen LogP contribution in [0, 0.1) is 5.92 Å². The van der Waals surface area contributed by atoms with Gasteiger partial charge in [0.2, 0.25) is 0 Å². The molecular formula is C12H16ClN3O2. The standard InChI is InChI=1S/C12H16ClN3O2/c13-11-7-14-9(6-15-11)12(18)16-5-8-3-1-2-4-10(8)17/h6-8,10,17H,1-5H2,(H,16,18). The van der Waals surface area contributed by atoms with Crippen molar-refractivity contribution in [2.75, 3.05) is 6.54 Å². The summed E-state index contributed by atoms with van der Waals surface area (Å²) in [5.74, 6) is -0.139. The minimum atomic E-state index is -0.310. The Kier molecular flexibility index (Phi) is 4.49. The van der Waals surface area contributed by atoms with Crippen molar-refractivity contribution in [2.24, 2.45) is 5.92 Å². The molecule has 1 fully saturated rings. The topological polar surface area (TPSA) is 75.1 Å². The number of carbonyl (C=O) groups excluding carboxylic acids is 1. The van der Waals surface area contributed by atoms with Gasteiger partial charge in [-0.25, -0.2) is 9.97 Å². The van der Waals surface area contributed by atoms with Crippen LogP contribution < -0.4 is 5.32 Å². The molecule has 0 aromatic carbocycles. The van der Waals surface area contributed by atoms with Crippen molar-refractivity contribution in [3.05, 3.63) is 23.2 Å². The van der Waals surface area contributed by atoms with Crippen molar-refractivity contribution < 1.29 is 9.90 Å². The van der Waals surface area contributed by atoms with E-state index in [-0.39, 0.29) is 28.8 Å². The van der Waals surface area contributed by atoms with E-state index >= 15 is 0 Å². The van der Waals surface area contributed by atoms with Crippen LogP contribution in [0.1, 0.15) is 36.2 Å². The number of halogens is 1. The van der Waals surface area contributed by atoms with Crippen LogP contribution in [0.4, 0.5) is 0 Å². The summed E-state index contributed by atoms with van der Waals surface area (Å²) in [5, 5.41) is 12.8. The largest absolute Gasteiger partial charge is 0.393 e. The lowest BCUT2D eigenvalue weighted by molar-refractivity contribution is 0.0661. The maximum Gasteiger partial charge on any atom is 0.271 e. The van der Waals surface area contributed by atoms with Gasteiger partial charge in [-0.3, -0.25) is 4.79 Å². The highest BCUT2D eigenvalue weighted by molar-refractivity contribution is 6.29. The Morgan fingerprint density at radius 1 is 1.39 bits per heavy atom. The first-order valence-electron chi connectivity index (χ1n) is 6.10. The smallest absolute Gasteiger partial charge is 0.271 e. The first-order chi connectivity index (χ1) is 8.66. The molecule has 6 heteroatoms. The number of carbonyl (C=O) groups is 1. The van der Waals surface area contributed by atoms with Gasteiger partial charge in [-0.1, -0.05) is 24.4 Å². The van der Waals surface area contributed by atoms with E-state index in [2.05, 4.69) is 15.3 Å². The minimum absolute atomic E-state index is 0.142. The molecular weight excluding hydrogens is 254 g/mol. The quantitative estimate of drug-likeness (QED) is 0.870. The Morgan fingerprint density at radius 3 is 2.83 bits per heavy atom. The number of nitrogens with zero attached hydrogens (tertiary/aromatic N) is 2. The van der Waals surface area contributed by atoms with Gasteiger partial charge in [0.05, 0.1) is 18.5 Å². The van der Waals surface area contributed by atoms with Gasteiger partial charge >= 0.3 is 0 Å². The Morgan fingerprint density at radius 2 is 2.17 bits per heavy atom. The highest BCUT2D eigenvalue weighted by atomic mass is 35.5. The summed E-state index contributed by atoms with van der Waals surface area (Å²) in [4.78, 5) is 19.5. The molecule has 98 valence electrons. The number of aliphatic hydroxyl groups excluding tert-OH is 1. The van der Waals surface area contributed by atoms with Gasteiger partial charge in [0, 0.05) is 12.5 Å². The summed E-state index contributed by atoms with van der Waals surface area (Å²) in [7, 11) is 0. The highest BCUT2D eigenvalue weighted by Gasteiger charge is 2.23. The molecule has 1 saturated carbocycles. The van der Waals surface area contributed by atoms with Gasteiger partial charge in [0.1, 0.15) is 10.8 Å². The molecule has 0 bridgehead atoms. The number of hydrogen-bond acceptors (Lipinski definition) is 4. The van der Waals surface area contributed by atoms with Gasteiger partial charge in [0.25, 0.3) is 5.91 Å². The second-order valence-electron chi connectivity index (χ2n) is 4.55. The minimum Gasteiger partial charge on any atom is -0.393 e. The fraction of sp³-hybridized carbons (Fsp3) is 0.583. The highest BCUT2D eigenvalue weighted by Crippen LogP contribution is 2.23. The average molecular weight is 270 g/mol. The van der Waals surface area contributed by atoms with Gasteiger partial charge in [-0.05, 0) is 12.8 Å². The molecule has 0 aliphatic heterocycles. The number of nitrogens with one attached hydrogen (secondary N) is 1. The van der Waals surface area contributed by atoms with E-state index in [0.717, 1.165) is 25.7 Å². The summed E-state index contributed by atoms with van der Waals surface area (Å²) in [5.41, 5.74) is 0.240. The van der Waals surface area contributed by atoms with Crippen LogP contribution in [0.25, 0.3) is 0 Å². The fourth-order valence-electron chi connectivity index (χ4n) is 2.17. The van der Waals surface area contributed by atoms with Crippen LogP contribution in [0.2, 0.25) is 5.15 Å². The monoisotopic (exact) mass is 269 g/mol. The van der Waals surface area contributed by atoms with E-state index < -0.39 is 0 Å². The van der Waals surface area contributed by atoms with Gasteiger partial charge < -0.3 is 10.4 Å². The molecule has 2 rings (SSSR count). The Hall–Kier alpha value is -1.20. The molecule has 0 saturated heterocycles. The zero-order chi connectivity index (χ0) is 13.0. The number of aliphatic hydroxyl groups is 1. The van der Waals surface area contributed by atoms with E-state index in [9.17, 15) is 9.90 Å². The lowest BCUT2D eigenvalue weighted by Crippen LogP contribution is -2.37. The molecule has 0 radical (unpaired) electrons. The molecule has 2 unspecified atom stereocenters. The molecule has 1 aromatic heterocycles. The second-order valence-corrected chi connectivity index (χ2v) is 4.93. The molecule has 1 aromatic rings. The van der Waals surface area contributed by atoms with Crippen molar-refractivity contribution in [1.82, 2.24) is 15.3 Å². The van der Waals surface area contributed by atoms with E-state index in [1.165, 1.54) is 12.4 Å². The number of rotatable bonds is 3. The van der Waals surface area contributed by atoms with Crippen LogP contribution >= 0.6 is 11.6 Å². The van der Waals surface area contributed by atoms with Crippen molar-refractivity contribution in [2.45, 2.75) is 31.8 Å². The molecule has 1 aliphatic rings. The van der Waals surface area contributed by atoms with E-state index in [4.69, 9.17) is 11.6 Å². The van der Waals surface area contributed by atoms with Crippen LogP contribution in [0.15, 0.2) is 12.4 Å². The molecule has 18 heavy (non-hydrogen) atoms. The molecule has 0 spiro atoms. The van der Waals surface area contributed by atoms with Crippen molar-refractivity contribution >= 4 is 17.5 Å². The predicted octanol–water partition coefficient (Wildman–Crippen LogP) is 1.41. The number of hydrogen-bond donors (Lipinski definition) is 2. The van der Waals surface area contributed by atoms with Crippen molar-refractivity contribution in [1.29, 1.82) is 0 Å². The first-order valence-corrected chi connectivity index (χ1v) is 6.48. The van der Waals surface area contributed by atoms with E-state index in [1.807, 2.05) is 0 Å². The molecule has 1 amide bonds. The van der Waals surface area contributed by atoms with Crippen LogP contribution in [-0.4, -0.2) is 33.6 Å². The molecule has 2 atom stereocenters. The maximum atomic E-state index is 11.8. The Bertz CT molecular complexity index is 410. The summed E-state index contributed by atoms with van der Waals surface area (Å²) >= 11 is 5.60. The second kappa shape index (κ2) is 6.11. The average Bonchev–Trinajstić information content (AvgIpc) is 2.38. The molecule has 2 N–H and O–H groups in total. The van der Waals surface area contributed by atoms with Gasteiger partial charge in [-0.15, -0.1) is 0 Å². The lowest BCUT2D eigenvalue weighted by Gasteiger charge is -2.27. The first kappa shape index (κ1) is 13.2. The normalized spacial score (nSPS) is 23.7. The fourth-order valence-corrected chi connectivity index (χ4v) is 2.27. The lowest BCUT2D eigenvalue weighted by atomic mass is 9.86. The summed E-state index contributed by atoms with van der Waals surface area (Å²) in [6.07, 6.45) is 6.32. The summed E-state index contributed by atoms with van der Waals surface area (Å²) in [6.45, 7) is 0.476. The van der Waals surface area contributed by atoms with E-state index in [1.54, 1.807) is 0 Å². The third-order valence-electron chi connectivity index (χ3n) is 3.25.